The number of carbonyl (C=O) groups is 1. The second-order valence-corrected chi connectivity index (χ2v) is 9.99. The average Bonchev–Trinajstić information content (AvgIpc) is 3.20. The Bertz CT molecular complexity index is 1300. The Kier molecular flexibility index (Phi) is 6.01. The molecule has 158 valence electrons. The summed E-state index contributed by atoms with van der Waals surface area (Å²) in [7, 11) is -3.33. The first-order valence-electron chi connectivity index (χ1n) is 9.53. The number of sulfone groups is 1. The van der Waals surface area contributed by atoms with Crippen LogP contribution in [0.4, 0.5) is 5.13 Å². The van der Waals surface area contributed by atoms with Crippen LogP contribution in [0.15, 0.2) is 83.8 Å². The summed E-state index contributed by atoms with van der Waals surface area (Å²) in [4.78, 5) is 19.5. The predicted octanol–water partition coefficient (Wildman–Crippen LogP) is 4.31. The summed E-state index contributed by atoms with van der Waals surface area (Å²) in [5.41, 5.74) is 1.59. The van der Waals surface area contributed by atoms with E-state index in [9.17, 15) is 13.2 Å². The first kappa shape index (κ1) is 21.0. The first-order valence-corrected chi connectivity index (χ1v) is 12.2. The van der Waals surface area contributed by atoms with Gasteiger partial charge in [0.15, 0.2) is 21.6 Å². The van der Waals surface area contributed by atoms with Gasteiger partial charge in [-0.3, -0.25) is 9.69 Å². The van der Waals surface area contributed by atoms with E-state index in [1.54, 1.807) is 29.2 Å². The first-order chi connectivity index (χ1) is 14.9. The Labute approximate surface area is 184 Å². The number of nitrogens with zero attached hydrogens (tertiary/aromatic N) is 2. The maximum Gasteiger partial charge on any atom is 0.267 e. The van der Waals surface area contributed by atoms with Crippen LogP contribution < -0.4 is 9.64 Å². The second-order valence-electron chi connectivity index (χ2n) is 6.97. The van der Waals surface area contributed by atoms with Gasteiger partial charge >= 0.3 is 0 Å². The molecule has 31 heavy (non-hydrogen) atoms. The molecule has 0 unspecified atom stereocenters. The summed E-state index contributed by atoms with van der Waals surface area (Å²) in [5, 5.41) is 0.492. The third kappa shape index (κ3) is 5.10. The number of carbonyl (C=O) groups excluding carboxylic acids is 1. The van der Waals surface area contributed by atoms with Crippen LogP contribution in [0.2, 0.25) is 0 Å². The number of rotatable bonds is 7. The van der Waals surface area contributed by atoms with Crippen molar-refractivity contribution >= 4 is 42.4 Å². The molecule has 0 saturated carbocycles. The third-order valence-corrected chi connectivity index (χ3v) is 6.75. The SMILES string of the molecule is CS(=O)(=O)c1ccc2nc(N(Cc3ccccc3)C(=O)COc3ccccc3)sc2c1. The number of ether oxygens (including phenoxy) is 1. The Morgan fingerprint density at radius 1 is 1.00 bits per heavy atom. The summed E-state index contributed by atoms with van der Waals surface area (Å²) in [5.74, 6) is 0.368. The van der Waals surface area contributed by atoms with Crippen molar-refractivity contribution < 1.29 is 17.9 Å². The molecule has 3 aromatic carbocycles. The topological polar surface area (TPSA) is 76.6 Å². The quantitative estimate of drug-likeness (QED) is 0.418. The van der Waals surface area contributed by atoms with Gasteiger partial charge in [-0.25, -0.2) is 13.4 Å². The highest BCUT2D eigenvalue weighted by Gasteiger charge is 2.21. The molecule has 0 N–H and O–H groups in total. The van der Waals surface area contributed by atoms with Crippen LogP contribution in [0.5, 0.6) is 5.75 Å². The van der Waals surface area contributed by atoms with Crippen molar-refractivity contribution in [1.29, 1.82) is 0 Å². The Hall–Kier alpha value is -3.23. The van der Waals surface area contributed by atoms with Crippen molar-refractivity contribution in [2.24, 2.45) is 0 Å². The van der Waals surface area contributed by atoms with E-state index in [0.717, 1.165) is 5.56 Å². The minimum Gasteiger partial charge on any atom is -0.484 e. The number of hydrogen-bond donors (Lipinski definition) is 0. The number of para-hydroxylation sites is 1. The standard InChI is InChI=1S/C23H20N2O4S2/c1-31(27,28)19-12-13-20-21(14-19)30-23(24-20)25(15-17-8-4-2-5-9-17)22(26)16-29-18-10-6-3-7-11-18/h2-14H,15-16H2,1H3. The molecule has 1 aromatic heterocycles. The molecule has 6 nitrogen and oxygen atoms in total. The number of hydrogen-bond acceptors (Lipinski definition) is 6. The van der Waals surface area contributed by atoms with Crippen LogP contribution in [-0.4, -0.2) is 32.2 Å². The Balaban J connectivity index is 1.65. The van der Waals surface area contributed by atoms with Gasteiger partial charge in [0, 0.05) is 6.26 Å². The van der Waals surface area contributed by atoms with E-state index in [-0.39, 0.29) is 17.4 Å². The van der Waals surface area contributed by atoms with Crippen molar-refractivity contribution in [3.8, 4) is 5.75 Å². The van der Waals surface area contributed by atoms with Gasteiger partial charge in [-0.15, -0.1) is 0 Å². The van der Waals surface area contributed by atoms with E-state index in [1.165, 1.54) is 23.7 Å². The molecule has 0 radical (unpaired) electrons. The highest BCUT2D eigenvalue weighted by molar-refractivity contribution is 7.90. The van der Waals surface area contributed by atoms with Crippen molar-refractivity contribution in [1.82, 2.24) is 4.98 Å². The number of amides is 1. The maximum absolute atomic E-state index is 13.1. The average molecular weight is 453 g/mol. The summed E-state index contributed by atoms with van der Waals surface area (Å²) >= 11 is 1.28. The van der Waals surface area contributed by atoms with Crippen molar-refractivity contribution in [3.63, 3.8) is 0 Å². The lowest BCUT2D eigenvalue weighted by molar-refractivity contribution is -0.120. The molecule has 4 aromatic rings. The largest absolute Gasteiger partial charge is 0.484 e. The Morgan fingerprint density at radius 2 is 1.68 bits per heavy atom. The number of anilines is 1. The molecule has 0 fully saturated rings. The fourth-order valence-corrected chi connectivity index (χ4v) is 4.75. The zero-order valence-corrected chi connectivity index (χ0v) is 18.4. The molecule has 1 amide bonds. The molecule has 0 saturated heterocycles. The summed E-state index contributed by atoms with van der Waals surface area (Å²) < 4.78 is 30.1. The van der Waals surface area contributed by atoms with Crippen molar-refractivity contribution in [3.05, 3.63) is 84.4 Å². The lowest BCUT2D eigenvalue weighted by Gasteiger charge is -2.20. The summed E-state index contributed by atoms with van der Waals surface area (Å²) in [6.45, 7) is 0.192. The van der Waals surface area contributed by atoms with E-state index >= 15 is 0 Å². The monoisotopic (exact) mass is 452 g/mol. The van der Waals surface area contributed by atoms with Crippen molar-refractivity contribution in [2.75, 3.05) is 17.8 Å². The number of fused-ring (bicyclic) bond motifs is 1. The van der Waals surface area contributed by atoms with E-state index in [2.05, 4.69) is 4.98 Å². The lowest BCUT2D eigenvalue weighted by atomic mass is 10.2. The van der Waals surface area contributed by atoms with Crippen LogP contribution >= 0.6 is 11.3 Å². The molecule has 0 aliphatic carbocycles. The molecule has 0 atom stereocenters. The molecule has 4 rings (SSSR count). The molecule has 0 aliphatic heterocycles. The Morgan fingerprint density at radius 3 is 2.35 bits per heavy atom. The van der Waals surface area contributed by atoms with Crippen LogP contribution in [0, 0.1) is 0 Å². The van der Waals surface area contributed by atoms with Crippen LogP contribution in [0.25, 0.3) is 10.2 Å². The lowest BCUT2D eigenvalue weighted by Crippen LogP contribution is -2.34. The fraction of sp³-hybridized carbons (Fsp3) is 0.130. The van der Waals surface area contributed by atoms with Gasteiger partial charge < -0.3 is 4.74 Å². The minimum absolute atomic E-state index is 0.138. The maximum atomic E-state index is 13.1. The third-order valence-electron chi connectivity index (χ3n) is 4.60. The van der Waals surface area contributed by atoms with Crippen LogP contribution in [-0.2, 0) is 21.2 Å². The molecule has 0 bridgehead atoms. The smallest absolute Gasteiger partial charge is 0.267 e. The highest BCUT2D eigenvalue weighted by atomic mass is 32.2. The van der Waals surface area contributed by atoms with Gasteiger partial charge in [-0.2, -0.15) is 0 Å². The van der Waals surface area contributed by atoms with E-state index in [4.69, 9.17) is 4.74 Å². The van der Waals surface area contributed by atoms with Gasteiger partial charge in [0.25, 0.3) is 5.91 Å². The second kappa shape index (κ2) is 8.87. The summed E-state index contributed by atoms with van der Waals surface area (Å²) in [6.07, 6.45) is 1.17. The molecular weight excluding hydrogens is 432 g/mol. The predicted molar refractivity (Wildman–Crippen MR) is 122 cm³/mol. The number of benzene rings is 3. The van der Waals surface area contributed by atoms with Gasteiger partial charge in [0.05, 0.1) is 21.7 Å². The van der Waals surface area contributed by atoms with E-state index in [1.807, 2.05) is 48.5 Å². The zero-order chi connectivity index (χ0) is 21.8. The molecule has 0 spiro atoms. The van der Waals surface area contributed by atoms with E-state index < -0.39 is 9.84 Å². The normalized spacial score (nSPS) is 11.4. The zero-order valence-electron chi connectivity index (χ0n) is 16.8. The molecule has 1 heterocycles. The number of thiazole rings is 1. The molecule has 8 heteroatoms. The summed E-state index contributed by atoms with van der Waals surface area (Å²) in [6, 6.07) is 23.5. The fourth-order valence-electron chi connectivity index (χ4n) is 3.01. The molecular formula is C23H20N2O4S2. The minimum atomic E-state index is -3.33. The van der Waals surface area contributed by atoms with Gasteiger partial charge in [0.1, 0.15) is 5.75 Å². The van der Waals surface area contributed by atoms with Gasteiger partial charge in [0.2, 0.25) is 0 Å². The molecule has 0 aliphatic rings. The van der Waals surface area contributed by atoms with Crippen molar-refractivity contribution in [2.45, 2.75) is 11.4 Å². The van der Waals surface area contributed by atoms with Crippen LogP contribution in [0.3, 0.4) is 0 Å². The van der Waals surface area contributed by atoms with E-state index in [0.29, 0.717) is 27.6 Å². The van der Waals surface area contributed by atoms with Crippen LogP contribution in [0.1, 0.15) is 5.56 Å². The van der Waals surface area contributed by atoms with Gasteiger partial charge in [-0.1, -0.05) is 59.9 Å². The highest BCUT2D eigenvalue weighted by Crippen LogP contribution is 2.31. The van der Waals surface area contributed by atoms with Gasteiger partial charge in [-0.05, 0) is 35.9 Å². The number of aromatic nitrogens is 1.